The van der Waals surface area contributed by atoms with Crippen molar-refractivity contribution in [2.24, 2.45) is 0 Å². The van der Waals surface area contributed by atoms with Crippen molar-refractivity contribution >= 4 is 149 Å². The Morgan fingerprint density at radius 3 is 1.89 bits per heavy atom. The largest absolute Gasteiger partial charge is 0.487 e. The van der Waals surface area contributed by atoms with Gasteiger partial charge in [0.2, 0.25) is 0 Å². The van der Waals surface area contributed by atoms with Gasteiger partial charge in [-0.2, -0.15) is 0 Å². The van der Waals surface area contributed by atoms with Gasteiger partial charge in [-0.15, -0.1) is 5.46 Å². The normalized spacial score (nSPS) is 11.8. The van der Waals surface area contributed by atoms with Gasteiger partial charge in [-0.05, 0) is 28.4 Å². The molecule has 0 aliphatic rings. The van der Waals surface area contributed by atoms with Crippen LogP contribution in [0.2, 0.25) is 0 Å². The maximum absolute atomic E-state index is 10.3. The van der Waals surface area contributed by atoms with Gasteiger partial charge in [0.25, 0.3) is 0 Å². The van der Waals surface area contributed by atoms with Crippen molar-refractivity contribution in [1.82, 2.24) is 4.57 Å². The standard InChI is InChI=1S/C24H23B8NO3/c25-14-12-13-15(26)21(32(34)35)18(29)20(31)23(13)33(22(12)19(30)17(28)16(14)27)10-6-3-5-9-8-4-1-2-7-11(8)36-24(9)10/h1-7,34-35H,25-31H2. The molecular formula is C24H23B8NO3. The van der Waals surface area contributed by atoms with Gasteiger partial charge < -0.3 is 19.0 Å². The van der Waals surface area contributed by atoms with Crippen molar-refractivity contribution in [2.75, 3.05) is 0 Å². The van der Waals surface area contributed by atoms with Crippen molar-refractivity contribution in [3.8, 4) is 5.69 Å². The van der Waals surface area contributed by atoms with E-state index in [-0.39, 0.29) is 0 Å². The molecule has 4 aromatic carbocycles. The fraction of sp³-hybridized carbons (Fsp3) is 0. The summed E-state index contributed by atoms with van der Waals surface area (Å²) in [5.41, 5.74) is 13.4. The van der Waals surface area contributed by atoms with Crippen molar-refractivity contribution < 1.29 is 14.5 Å². The van der Waals surface area contributed by atoms with Crippen LogP contribution in [0.4, 0.5) is 0 Å². The lowest BCUT2D eigenvalue weighted by molar-refractivity contribution is 0.426. The molecule has 2 N–H and O–H groups in total. The summed E-state index contributed by atoms with van der Waals surface area (Å²) in [5, 5.41) is 25.1. The summed E-state index contributed by atoms with van der Waals surface area (Å²) in [6.07, 6.45) is 0. The Hall–Kier alpha value is -3.08. The first-order valence-electron chi connectivity index (χ1n) is 12.5. The molecule has 166 valence electrons. The number of rotatable bonds is 2. The zero-order valence-corrected chi connectivity index (χ0v) is 21.9. The van der Waals surface area contributed by atoms with E-state index in [4.69, 9.17) is 4.42 Å². The monoisotopic (exact) mass is 461 g/mol. The summed E-state index contributed by atoms with van der Waals surface area (Å²) in [6, 6.07) is 14.5. The first kappa shape index (κ1) is 23.3. The second-order valence-corrected chi connectivity index (χ2v) is 10.2. The predicted molar refractivity (Wildman–Crippen MR) is 175 cm³/mol. The SMILES string of the molecule is Bc1c(B)c(B)c2c(c1B)c1c(B)c(B(O)O)c(B)c(B)c1n2-c1cccc2c1oc1ccccc12. The summed E-state index contributed by atoms with van der Waals surface area (Å²) < 4.78 is 8.84. The first-order valence-corrected chi connectivity index (χ1v) is 12.5. The van der Waals surface area contributed by atoms with Crippen LogP contribution >= 0.6 is 0 Å². The van der Waals surface area contributed by atoms with Crippen molar-refractivity contribution in [2.45, 2.75) is 0 Å². The van der Waals surface area contributed by atoms with Gasteiger partial charge in [0.05, 0.1) is 5.69 Å². The van der Waals surface area contributed by atoms with E-state index in [2.05, 4.69) is 68.1 Å². The molecule has 36 heavy (non-hydrogen) atoms. The zero-order valence-electron chi connectivity index (χ0n) is 21.9. The van der Waals surface area contributed by atoms with E-state index in [1.165, 1.54) is 27.2 Å². The molecular weight excluding hydrogens is 437 g/mol. The fourth-order valence-corrected chi connectivity index (χ4v) is 6.27. The number of aromatic nitrogens is 1. The highest BCUT2D eigenvalue weighted by molar-refractivity contribution is 6.76. The Labute approximate surface area is 216 Å². The third-order valence-corrected chi connectivity index (χ3v) is 8.57. The highest BCUT2D eigenvalue weighted by Gasteiger charge is 2.28. The fourth-order valence-electron chi connectivity index (χ4n) is 6.27. The minimum absolute atomic E-state index is 0.594. The second kappa shape index (κ2) is 7.96. The van der Waals surface area contributed by atoms with E-state index in [0.29, 0.717) is 5.46 Å². The molecule has 0 aliphatic heterocycles. The molecule has 6 aromatic rings. The number of benzene rings is 4. The molecule has 0 unspecified atom stereocenters. The summed E-state index contributed by atoms with van der Waals surface area (Å²) >= 11 is 0. The van der Waals surface area contributed by atoms with Crippen molar-refractivity contribution in [3.05, 3.63) is 42.5 Å². The maximum atomic E-state index is 10.3. The van der Waals surface area contributed by atoms with Gasteiger partial charge >= 0.3 is 7.12 Å². The lowest BCUT2D eigenvalue weighted by Crippen LogP contribution is -2.56. The molecule has 0 spiro atoms. The van der Waals surface area contributed by atoms with Crippen LogP contribution in [0.1, 0.15) is 0 Å². The molecule has 2 aromatic heterocycles. The molecule has 0 aliphatic carbocycles. The molecule has 0 saturated carbocycles. The molecule has 0 atom stereocenters. The molecule has 2 heterocycles. The highest BCUT2D eigenvalue weighted by atomic mass is 16.4. The summed E-state index contributed by atoms with van der Waals surface area (Å²) in [7, 11) is 13.3. The van der Waals surface area contributed by atoms with Crippen LogP contribution in [0.5, 0.6) is 0 Å². The third kappa shape index (κ3) is 2.89. The first-order chi connectivity index (χ1) is 17.1. The zero-order chi connectivity index (χ0) is 25.6. The Kier molecular flexibility index (Phi) is 5.16. The lowest BCUT2D eigenvalue weighted by Gasteiger charge is -2.18. The van der Waals surface area contributed by atoms with Crippen LogP contribution in [0.3, 0.4) is 0 Å². The summed E-state index contributed by atoms with van der Waals surface area (Å²) in [5.74, 6) is 0. The Morgan fingerprint density at radius 2 is 1.19 bits per heavy atom. The van der Waals surface area contributed by atoms with Gasteiger partial charge in [-0.3, -0.25) is 0 Å². The van der Waals surface area contributed by atoms with Crippen LogP contribution in [0.25, 0.3) is 49.4 Å². The van der Waals surface area contributed by atoms with E-state index in [1.54, 1.807) is 0 Å². The second-order valence-electron chi connectivity index (χ2n) is 10.2. The molecule has 6 rings (SSSR count). The number of fused-ring (bicyclic) bond motifs is 6. The third-order valence-electron chi connectivity index (χ3n) is 8.57. The molecule has 0 saturated heterocycles. The maximum Gasteiger partial charge on any atom is 0.487 e. The average molecular weight is 460 g/mol. The van der Waals surface area contributed by atoms with Gasteiger partial charge in [0, 0.05) is 21.8 Å². The van der Waals surface area contributed by atoms with E-state index >= 15 is 0 Å². The van der Waals surface area contributed by atoms with E-state index in [1.807, 2.05) is 33.9 Å². The lowest BCUT2D eigenvalue weighted by atomic mass is 9.59. The van der Waals surface area contributed by atoms with Gasteiger partial charge in [0.15, 0.2) is 5.58 Å². The molecule has 12 heteroatoms. The van der Waals surface area contributed by atoms with Crippen LogP contribution in [0, 0.1) is 0 Å². The molecule has 4 nitrogen and oxygen atoms in total. The predicted octanol–water partition coefficient (Wildman–Crippen LogP) is -7.83. The molecule has 0 radical (unpaired) electrons. The minimum Gasteiger partial charge on any atom is -0.454 e. The van der Waals surface area contributed by atoms with Crippen LogP contribution in [-0.4, -0.2) is 76.7 Å². The van der Waals surface area contributed by atoms with Gasteiger partial charge in [-0.25, -0.2) is 0 Å². The number of furan rings is 1. The minimum atomic E-state index is -1.53. The number of nitrogens with zero attached hydrogens (tertiary/aromatic N) is 1. The average Bonchev–Trinajstić information content (AvgIpc) is 3.41. The topological polar surface area (TPSA) is 58.5 Å². The Bertz CT molecular complexity index is 1910. The molecule has 0 amide bonds. The van der Waals surface area contributed by atoms with Crippen LogP contribution in [-0.2, 0) is 0 Å². The number of hydrogen-bond acceptors (Lipinski definition) is 3. The van der Waals surface area contributed by atoms with Crippen LogP contribution < -0.4 is 43.7 Å². The van der Waals surface area contributed by atoms with E-state index < -0.39 is 7.12 Å². The number of para-hydroxylation sites is 2. The van der Waals surface area contributed by atoms with Gasteiger partial charge in [-0.1, -0.05) is 63.1 Å². The quantitative estimate of drug-likeness (QED) is 0.253. The van der Waals surface area contributed by atoms with Crippen molar-refractivity contribution in [3.63, 3.8) is 0 Å². The van der Waals surface area contributed by atoms with E-state index in [0.717, 1.165) is 60.4 Å². The smallest absolute Gasteiger partial charge is 0.454 e. The van der Waals surface area contributed by atoms with E-state index in [9.17, 15) is 10.0 Å². The van der Waals surface area contributed by atoms with Crippen LogP contribution in [0.15, 0.2) is 46.9 Å². The highest BCUT2D eigenvalue weighted by Crippen LogP contribution is 2.35. The Morgan fingerprint density at radius 1 is 0.611 bits per heavy atom. The molecule has 0 fully saturated rings. The molecule has 0 bridgehead atoms. The van der Waals surface area contributed by atoms with Gasteiger partial charge in [0.1, 0.15) is 60.5 Å². The summed E-state index contributed by atoms with van der Waals surface area (Å²) in [6.45, 7) is 0. The number of hydrogen-bond donors (Lipinski definition) is 2. The summed E-state index contributed by atoms with van der Waals surface area (Å²) in [4.78, 5) is 0. The van der Waals surface area contributed by atoms with Crippen molar-refractivity contribution in [1.29, 1.82) is 0 Å². The Balaban J connectivity index is 1.95.